The summed E-state index contributed by atoms with van der Waals surface area (Å²) in [5, 5.41) is 13.6. The third-order valence-electron chi connectivity index (χ3n) is 7.66. The quantitative estimate of drug-likeness (QED) is 0.210. The van der Waals surface area contributed by atoms with Gasteiger partial charge in [0, 0.05) is 12.6 Å². The molecular weight excluding hydrogens is 478 g/mol. The Labute approximate surface area is 226 Å². The van der Waals surface area contributed by atoms with Crippen molar-refractivity contribution in [3.8, 4) is 11.5 Å². The molecule has 4 N–H and O–H groups in total. The summed E-state index contributed by atoms with van der Waals surface area (Å²) >= 11 is 0. The van der Waals surface area contributed by atoms with Crippen molar-refractivity contribution >= 4 is 23.5 Å². The summed E-state index contributed by atoms with van der Waals surface area (Å²) in [7, 11) is 3.48. The van der Waals surface area contributed by atoms with Crippen molar-refractivity contribution in [2.45, 2.75) is 71.1 Å². The Morgan fingerprint density at radius 2 is 2.03 bits per heavy atom. The zero-order chi connectivity index (χ0) is 27.5. The fraction of sp³-hybridized carbons (Fsp3) is 0.516. The van der Waals surface area contributed by atoms with E-state index in [9.17, 15) is 14.7 Å². The van der Waals surface area contributed by atoms with Crippen LogP contribution < -0.4 is 15.8 Å². The summed E-state index contributed by atoms with van der Waals surface area (Å²) in [5.74, 6) is 1.17. The number of allylic oxidation sites excluding steroid dienone is 1. The van der Waals surface area contributed by atoms with Crippen LogP contribution >= 0.6 is 0 Å². The van der Waals surface area contributed by atoms with Gasteiger partial charge in [-0.2, -0.15) is 0 Å². The molecule has 0 amide bonds. The molecule has 1 aromatic carbocycles. The molecule has 0 radical (unpaired) electrons. The van der Waals surface area contributed by atoms with Crippen molar-refractivity contribution in [3.63, 3.8) is 0 Å². The lowest BCUT2D eigenvalue weighted by Crippen LogP contribution is -2.25. The molecule has 3 rings (SSSR count). The average Bonchev–Trinajstić information content (AvgIpc) is 3.33. The van der Waals surface area contributed by atoms with Gasteiger partial charge in [0.1, 0.15) is 11.6 Å². The van der Waals surface area contributed by atoms with Gasteiger partial charge in [-0.3, -0.25) is 9.59 Å². The summed E-state index contributed by atoms with van der Waals surface area (Å²) in [6, 6.07) is 6.91. The standard InChI is InChI=1S/C31H43N3O4/c1-22(20-33-2)19-31(12-4-5-13-31)14-6-7-26(35)18-27(36)10-9-24-17-29(38-3)28(37)16-25(24)15-23-8-11-30(32)34-21-23/h8-11,16-17,21-22,33,37H,4-7,12-15,18-20H2,1-3H3,(H2,32,34)/t22-/m1/s1. The first kappa shape index (κ1) is 29.4. The molecule has 0 bridgehead atoms. The number of ether oxygens (including phenoxy) is 1. The number of nitrogens with two attached hydrogens (primary N) is 1. The van der Waals surface area contributed by atoms with E-state index in [1.165, 1.54) is 45.3 Å². The molecule has 1 saturated carbocycles. The van der Waals surface area contributed by atoms with E-state index in [2.05, 4.69) is 17.2 Å². The van der Waals surface area contributed by atoms with Crippen molar-refractivity contribution in [1.82, 2.24) is 10.3 Å². The van der Waals surface area contributed by atoms with Crippen molar-refractivity contribution in [3.05, 3.63) is 53.2 Å². The number of nitrogens with zero attached hydrogens (tertiary/aromatic N) is 1. The van der Waals surface area contributed by atoms with Gasteiger partial charge < -0.3 is 20.9 Å². The number of aromatic hydroxyl groups is 1. The smallest absolute Gasteiger partial charge is 0.163 e. The van der Waals surface area contributed by atoms with Crippen LogP contribution in [0.25, 0.3) is 6.08 Å². The minimum Gasteiger partial charge on any atom is -0.504 e. The number of benzene rings is 1. The van der Waals surface area contributed by atoms with Crippen molar-refractivity contribution in [2.75, 3.05) is 26.4 Å². The first-order valence-corrected chi connectivity index (χ1v) is 13.7. The third-order valence-corrected chi connectivity index (χ3v) is 7.66. The van der Waals surface area contributed by atoms with Gasteiger partial charge in [0.15, 0.2) is 17.3 Å². The van der Waals surface area contributed by atoms with Gasteiger partial charge in [-0.1, -0.05) is 31.9 Å². The first-order chi connectivity index (χ1) is 18.2. The number of aromatic nitrogens is 1. The normalized spacial score (nSPS) is 15.6. The number of Topliss-reactive ketones (excluding diaryl/α,β-unsaturated/α-hetero) is 1. The lowest BCUT2D eigenvalue weighted by Gasteiger charge is -2.32. The molecule has 206 valence electrons. The van der Waals surface area contributed by atoms with E-state index >= 15 is 0 Å². The Hall–Kier alpha value is -3.19. The highest BCUT2D eigenvalue weighted by Crippen LogP contribution is 2.47. The predicted octanol–water partition coefficient (Wildman–Crippen LogP) is 5.49. The van der Waals surface area contributed by atoms with Gasteiger partial charge in [-0.25, -0.2) is 4.98 Å². The monoisotopic (exact) mass is 521 g/mol. The van der Waals surface area contributed by atoms with Crippen LogP contribution in [-0.4, -0.2) is 42.4 Å². The van der Waals surface area contributed by atoms with Crippen LogP contribution in [0, 0.1) is 11.3 Å². The molecule has 0 saturated heterocycles. The number of rotatable bonds is 15. The molecule has 7 nitrogen and oxygen atoms in total. The number of anilines is 1. The number of methoxy groups -OCH3 is 1. The van der Waals surface area contributed by atoms with Crippen molar-refractivity contribution in [1.29, 1.82) is 0 Å². The van der Waals surface area contributed by atoms with Crippen LogP contribution in [0.4, 0.5) is 5.82 Å². The summed E-state index contributed by atoms with van der Waals surface area (Å²) in [6.07, 6.45) is 13.8. The van der Waals surface area contributed by atoms with Crippen molar-refractivity contribution in [2.24, 2.45) is 11.3 Å². The van der Waals surface area contributed by atoms with E-state index in [-0.39, 0.29) is 23.7 Å². The van der Waals surface area contributed by atoms with Gasteiger partial charge in [-0.15, -0.1) is 0 Å². The molecule has 2 aromatic rings. The molecule has 1 aliphatic rings. The molecule has 0 aliphatic heterocycles. The number of hydrogen-bond donors (Lipinski definition) is 3. The Balaban J connectivity index is 1.58. The molecular formula is C31H43N3O4. The minimum atomic E-state index is -0.222. The third kappa shape index (κ3) is 8.69. The number of carbonyl (C=O) groups excluding carboxylic acids is 2. The van der Waals surface area contributed by atoms with E-state index in [1.807, 2.05) is 13.1 Å². The maximum absolute atomic E-state index is 12.6. The second-order valence-corrected chi connectivity index (χ2v) is 10.9. The number of pyridine rings is 1. The van der Waals surface area contributed by atoms with E-state index in [0.29, 0.717) is 35.7 Å². The second kappa shape index (κ2) is 14.1. The van der Waals surface area contributed by atoms with Crippen molar-refractivity contribution < 1.29 is 19.4 Å². The molecule has 0 unspecified atom stereocenters. The van der Waals surface area contributed by atoms with Gasteiger partial charge >= 0.3 is 0 Å². The van der Waals surface area contributed by atoms with Crippen LogP contribution in [0.15, 0.2) is 36.5 Å². The lowest BCUT2D eigenvalue weighted by molar-refractivity contribution is -0.124. The SMILES string of the molecule is CNC[C@H](C)CC1(CCCC(=O)CC(=O)C=Cc2cc(OC)c(O)cc2Cc2ccc(N)nc2)CCCC1. The van der Waals surface area contributed by atoms with Gasteiger partial charge in [0.2, 0.25) is 0 Å². The number of nitrogen functional groups attached to an aromatic ring is 1. The highest BCUT2D eigenvalue weighted by molar-refractivity contribution is 6.06. The maximum Gasteiger partial charge on any atom is 0.163 e. The first-order valence-electron chi connectivity index (χ1n) is 13.7. The van der Waals surface area contributed by atoms with Gasteiger partial charge in [0.25, 0.3) is 0 Å². The fourth-order valence-electron chi connectivity index (χ4n) is 5.89. The van der Waals surface area contributed by atoms with E-state index in [4.69, 9.17) is 10.5 Å². The molecule has 1 atom stereocenters. The zero-order valence-electron chi connectivity index (χ0n) is 23.1. The summed E-state index contributed by atoms with van der Waals surface area (Å²) in [6.45, 7) is 3.32. The maximum atomic E-state index is 12.6. The van der Waals surface area contributed by atoms with E-state index in [1.54, 1.807) is 30.5 Å². The molecule has 7 heteroatoms. The average molecular weight is 522 g/mol. The Morgan fingerprint density at radius 3 is 2.68 bits per heavy atom. The Bertz CT molecular complexity index is 1100. The van der Waals surface area contributed by atoms with Gasteiger partial charge in [0.05, 0.1) is 13.5 Å². The predicted molar refractivity (Wildman–Crippen MR) is 152 cm³/mol. The Kier molecular flexibility index (Phi) is 10.9. The largest absolute Gasteiger partial charge is 0.504 e. The highest BCUT2D eigenvalue weighted by Gasteiger charge is 2.34. The van der Waals surface area contributed by atoms with E-state index < -0.39 is 0 Å². The second-order valence-electron chi connectivity index (χ2n) is 10.9. The summed E-state index contributed by atoms with van der Waals surface area (Å²) in [5.41, 5.74) is 8.50. The molecule has 1 aliphatic carbocycles. The minimum absolute atomic E-state index is 0.00692. The molecule has 1 heterocycles. The number of ketones is 2. The number of nitrogens with one attached hydrogen (secondary N) is 1. The number of carbonyl (C=O) groups is 2. The topological polar surface area (TPSA) is 115 Å². The van der Waals surface area contributed by atoms with Crippen LogP contribution in [-0.2, 0) is 16.0 Å². The molecule has 0 spiro atoms. The molecule has 1 aromatic heterocycles. The van der Waals surface area contributed by atoms with E-state index in [0.717, 1.165) is 36.1 Å². The lowest BCUT2D eigenvalue weighted by atomic mass is 9.74. The summed E-state index contributed by atoms with van der Waals surface area (Å²) < 4.78 is 5.25. The van der Waals surface area contributed by atoms with Crippen LogP contribution in [0.1, 0.15) is 81.4 Å². The van der Waals surface area contributed by atoms with Crippen LogP contribution in [0.3, 0.4) is 0 Å². The van der Waals surface area contributed by atoms with Crippen LogP contribution in [0.2, 0.25) is 0 Å². The molecule has 1 fully saturated rings. The van der Waals surface area contributed by atoms with Gasteiger partial charge in [-0.05, 0) is 104 Å². The number of phenols is 1. The zero-order valence-corrected chi connectivity index (χ0v) is 23.1. The number of hydrogen-bond acceptors (Lipinski definition) is 7. The highest BCUT2D eigenvalue weighted by atomic mass is 16.5. The number of phenolic OH excluding ortho intramolecular Hbond substituents is 1. The van der Waals surface area contributed by atoms with Crippen LogP contribution in [0.5, 0.6) is 11.5 Å². The fourth-order valence-corrected chi connectivity index (χ4v) is 5.89. The summed E-state index contributed by atoms with van der Waals surface area (Å²) in [4.78, 5) is 29.4. The Morgan fingerprint density at radius 1 is 1.26 bits per heavy atom. The molecule has 38 heavy (non-hydrogen) atoms.